The molecule has 0 bridgehead atoms. The summed E-state index contributed by atoms with van der Waals surface area (Å²) in [5.41, 5.74) is 1.06. The summed E-state index contributed by atoms with van der Waals surface area (Å²) in [7, 11) is 1.36. The van der Waals surface area contributed by atoms with Crippen molar-refractivity contribution in [1.82, 2.24) is 4.90 Å². The highest BCUT2D eigenvalue weighted by molar-refractivity contribution is 6.05. The summed E-state index contributed by atoms with van der Waals surface area (Å²) in [6, 6.07) is 9.21. The lowest BCUT2D eigenvalue weighted by Crippen LogP contribution is -2.45. The summed E-state index contributed by atoms with van der Waals surface area (Å²) < 4.78 is 24.6. The van der Waals surface area contributed by atoms with Crippen molar-refractivity contribution >= 4 is 17.5 Å². The van der Waals surface area contributed by atoms with Gasteiger partial charge in [0.1, 0.15) is 5.75 Å². The van der Waals surface area contributed by atoms with Crippen LogP contribution in [0.2, 0.25) is 0 Å². The number of rotatable bonds is 3. The number of nitrogens with one attached hydrogen (secondary N) is 1. The number of benzene rings is 2. The maximum absolute atomic E-state index is 13.9. The van der Waals surface area contributed by atoms with Crippen molar-refractivity contribution in [3.63, 3.8) is 0 Å². The summed E-state index contributed by atoms with van der Waals surface area (Å²) in [6.07, 6.45) is 3.93. The largest absolute Gasteiger partial charge is 0.494 e. The van der Waals surface area contributed by atoms with E-state index in [2.05, 4.69) is 5.32 Å². The van der Waals surface area contributed by atoms with E-state index in [0.717, 1.165) is 38.3 Å². The Balaban J connectivity index is 1.58. The summed E-state index contributed by atoms with van der Waals surface area (Å²) in [6.45, 7) is 1.29. The molecule has 0 spiro atoms. The highest BCUT2D eigenvalue weighted by Crippen LogP contribution is 2.31. The second-order valence-corrected chi connectivity index (χ2v) is 7.30. The van der Waals surface area contributed by atoms with Crippen LogP contribution in [-0.2, 0) is 0 Å². The number of halogens is 1. The van der Waals surface area contributed by atoms with Gasteiger partial charge in [0.15, 0.2) is 11.6 Å². The topological polar surface area (TPSA) is 67.9 Å². The zero-order valence-electron chi connectivity index (χ0n) is 16.2. The Morgan fingerprint density at radius 2 is 2.07 bits per heavy atom. The number of hydrogen-bond donors (Lipinski definition) is 1. The molecule has 2 aliphatic rings. The molecule has 4 rings (SSSR count). The maximum atomic E-state index is 13.9. The van der Waals surface area contributed by atoms with E-state index in [0.29, 0.717) is 23.6 Å². The van der Waals surface area contributed by atoms with Gasteiger partial charge in [0.2, 0.25) is 0 Å². The average molecular weight is 398 g/mol. The smallest absolute Gasteiger partial charge is 0.257 e. The summed E-state index contributed by atoms with van der Waals surface area (Å²) in [5.74, 6) is -0.565. The quantitative estimate of drug-likeness (QED) is 0.853. The van der Waals surface area contributed by atoms with Crippen LogP contribution in [0.25, 0.3) is 0 Å². The Morgan fingerprint density at radius 3 is 2.86 bits per heavy atom. The lowest BCUT2D eigenvalue weighted by atomic mass is 9.97. The molecule has 7 heteroatoms. The maximum Gasteiger partial charge on any atom is 0.257 e. The van der Waals surface area contributed by atoms with Crippen LogP contribution in [0, 0.1) is 5.82 Å². The predicted octanol–water partition coefficient (Wildman–Crippen LogP) is 3.86. The van der Waals surface area contributed by atoms with Gasteiger partial charge in [-0.1, -0.05) is 0 Å². The van der Waals surface area contributed by atoms with Crippen molar-refractivity contribution in [3.8, 4) is 11.5 Å². The minimum absolute atomic E-state index is 0.0708. The van der Waals surface area contributed by atoms with E-state index in [1.807, 2.05) is 4.90 Å². The number of methoxy groups -OCH3 is 1. The van der Waals surface area contributed by atoms with Gasteiger partial charge in [-0.2, -0.15) is 0 Å². The standard InChI is InChI=1S/C22H23FN2O4/c1-28-20-7-5-14(12-18(20)23)21(26)24-15-6-8-19-17(13-15)22(27)25-10-3-2-4-16(25)9-11-29-19/h5-8,12-13,16H,2-4,9-11H2,1H3,(H,24,26)/t16-/m1/s1. The van der Waals surface area contributed by atoms with Crippen LogP contribution in [0.3, 0.4) is 0 Å². The number of hydrogen-bond acceptors (Lipinski definition) is 4. The second kappa shape index (κ2) is 8.11. The summed E-state index contributed by atoms with van der Waals surface area (Å²) in [5, 5.41) is 2.73. The third kappa shape index (κ3) is 3.90. The molecule has 2 aromatic carbocycles. The summed E-state index contributed by atoms with van der Waals surface area (Å²) >= 11 is 0. The Morgan fingerprint density at radius 1 is 1.21 bits per heavy atom. The molecule has 2 aromatic rings. The fourth-order valence-electron chi connectivity index (χ4n) is 3.94. The van der Waals surface area contributed by atoms with E-state index in [-0.39, 0.29) is 23.3 Å². The van der Waals surface area contributed by atoms with E-state index in [1.165, 1.54) is 19.2 Å². The van der Waals surface area contributed by atoms with Crippen LogP contribution in [0.4, 0.5) is 10.1 Å². The van der Waals surface area contributed by atoms with Crippen molar-refractivity contribution in [2.75, 3.05) is 25.6 Å². The molecule has 0 unspecified atom stereocenters. The van der Waals surface area contributed by atoms with Crippen molar-refractivity contribution in [2.45, 2.75) is 31.7 Å². The van der Waals surface area contributed by atoms with Crippen LogP contribution in [0.5, 0.6) is 11.5 Å². The van der Waals surface area contributed by atoms with E-state index in [4.69, 9.17) is 9.47 Å². The molecule has 6 nitrogen and oxygen atoms in total. The number of anilines is 1. The van der Waals surface area contributed by atoms with Gasteiger partial charge >= 0.3 is 0 Å². The van der Waals surface area contributed by atoms with Gasteiger partial charge < -0.3 is 19.7 Å². The highest BCUT2D eigenvalue weighted by Gasteiger charge is 2.31. The third-order valence-electron chi connectivity index (χ3n) is 5.48. The Bertz CT molecular complexity index is 946. The Hall–Kier alpha value is -3.09. The number of fused-ring (bicyclic) bond motifs is 2. The van der Waals surface area contributed by atoms with Crippen molar-refractivity contribution < 1.29 is 23.5 Å². The van der Waals surface area contributed by atoms with Crippen LogP contribution >= 0.6 is 0 Å². The van der Waals surface area contributed by atoms with Crippen molar-refractivity contribution in [3.05, 3.63) is 53.3 Å². The van der Waals surface area contributed by atoms with Crippen LogP contribution < -0.4 is 14.8 Å². The Labute approximate surface area is 168 Å². The molecule has 1 saturated heterocycles. The SMILES string of the molecule is COc1ccc(C(=O)Nc2ccc3c(c2)C(=O)N2CCCC[C@@H]2CCO3)cc1F. The lowest BCUT2D eigenvalue weighted by Gasteiger charge is -2.37. The molecule has 0 aliphatic carbocycles. The van der Waals surface area contributed by atoms with Gasteiger partial charge in [0.05, 0.1) is 19.3 Å². The van der Waals surface area contributed by atoms with Gasteiger partial charge in [-0.15, -0.1) is 0 Å². The number of amides is 2. The minimum Gasteiger partial charge on any atom is -0.494 e. The minimum atomic E-state index is -0.613. The van der Waals surface area contributed by atoms with Gasteiger partial charge in [-0.25, -0.2) is 4.39 Å². The molecule has 2 heterocycles. The fourth-order valence-corrected chi connectivity index (χ4v) is 3.94. The number of carbonyl (C=O) groups is 2. The first-order valence-electron chi connectivity index (χ1n) is 9.79. The number of carbonyl (C=O) groups excluding carboxylic acids is 2. The van der Waals surface area contributed by atoms with Crippen LogP contribution in [-0.4, -0.2) is 43.0 Å². The lowest BCUT2D eigenvalue weighted by molar-refractivity contribution is 0.0548. The molecular formula is C22H23FN2O4. The molecule has 1 fully saturated rings. The van der Waals surface area contributed by atoms with Crippen molar-refractivity contribution in [1.29, 1.82) is 0 Å². The van der Waals surface area contributed by atoms with E-state index in [1.54, 1.807) is 18.2 Å². The van der Waals surface area contributed by atoms with Gasteiger partial charge in [-0.3, -0.25) is 9.59 Å². The monoisotopic (exact) mass is 398 g/mol. The first kappa shape index (κ1) is 19.2. The van der Waals surface area contributed by atoms with Crippen LogP contribution in [0.15, 0.2) is 36.4 Å². The first-order valence-corrected chi connectivity index (χ1v) is 9.79. The predicted molar refractivity (Wildman–Crippen MR) is 106 cm³/mol. The normalized spacial score (nSPS) is 18.6. The Kier molecular flexibility index (Phi) is 5.38. The molecule has 0 aromatic heterocycles. The molecular weight excluding hydrogens is 375 g/mol. The van der Waals surface area contributed by atoms with E-state index in [9.17, 15) is 14.0 Å². The zero-order chi connectivity index (χ0) is 20.4. The fraction of sp³-hybridized carbons (Fsp3) is 0.364. The molecule has 152 valence electrons. The van der Waals surface area contributed by atoms with E-state index >= 15 is 0 Å². The number of piperidine rings is 1. The molecule has 1 N–H and O–H groups in total. The van der Waals surface area contributed by atoms with Gasteiger partial charge in [0, 0.05) is 30.3 Å². The molecule has 29 heavy (non-hydrogen) atoms. The summed E-state index contributed by atoms with van der Waals surface area (Å²) in [4.78, 5) is 27.6. The first-order chi connectivity index (χ1) is 14.1. The molecule has 2 amide bonds. The zero-order valence-corrected chi connectivity index (χ0v) is 16.2. The van der Waals surface area contributed by atoms with Gasteiger partial charge in [-0.05, 0) is 55.7 Å². The van der Waals surface area contributed by atoms with Crippen molar-refractivity contribution in [2.24, 2.45) is 0 Å². The average Bonchev–Trinajstić information content (AvgIpc) is 2.73. The third-order valence-corrected chi connectivity index (χ3v) is 5.48. The second-order valence-electron chi connectivity index (χ2n) is 7.30. The molecule has 1 atom stereocenters. The van der Waals surface area contributed by atoms with Crippen LogP contribution in [0.1, 0.15) is 46.4 Å². The molecule has 0 saturated carbocycles. The molecule has 2 aliphatic heterocycles. The van der Waals surface area contributed by atoms with Gasteiger partial charge in [0.25, 0.3) is 11.8 Å². The van der Waals surface area contributed by atoms with E-state index < -0.39 is 11.7 Å². The molecule has 0 radical (unpaired) electrons. The number of ether oxygens (including phenoxy) is 2. The highest BCUT2D eigenvalue weighted by atomic mass is 19.1. The number of nitrogens with zero attached hydrogens (tertiary/aromatic N) is 1.